The quantitative estimate of drug-likeness (QED) is 0.224. The Morgan fingerprint density at radius 2 is 1.08 bits per heavy atom. The predicted octanol–water partition coefficient (Wildman–Crippen LogP) is 9.83. The van der Waals surface area contributed by atoms with Crippen LogP contribution in [0.25, 0.3) is 28.9 Å². The number of nitrogens with one attached hydrogen (secondary N) is 1. The summed E-state index contributed by atoms with van der Waals surface area (Å²) in [5, 5.41) is 3.42. The number of hydrogen-bond donors (Lipinski definition) is 1. The van der Waals surface area contributed by atoms with E-state index in [0.717, 1.165) is 33.6 Å². The van der Waals surface area contributed by atoms with Crippen LogP contribution >= 0.6 is 0 Å². The monoisotopic (exact) mass is 477 g/mol. The normalized spacial score (nSPS) is 12.1. The van der Waals surface area contributed by atoms with Crippen molar-refractivity contribution in [3.8, 4) is 11.1 Å². The van der Waals surface area contributed by atoms with Gasteiger partial charge in [0.15, 0.2) is 0 Å². The number of benzene rings is 4. The summed E-state index contributed by atoms with van der Waals surface area (Å²) in [6.45, 7) is 7.88. The summed E-state index contributed by atoms with van der Waals surface area (Å²) in [4.78, 5) is 0. The molecule has 0 unspecified atom stereocenters. The van der Waals surface area contributed by atoms with Gasteiger partial charge < -0.3 is 5.32 Å². The predicted molar refractivity (Wildman–Crippen MR) is 163 cm³/mol. The SMILES string of the molecule is C=C/C(=C\C=C\c1ccc(-c2ccccc2)cc1)Nc1ccc(/C=C/C=C(\C=C)c2ccccc2)cc1. The summed E-state index contributed by atoms with van der Waals surface area (Å²) in [5.41, 5.74) is 8.91. The van der Waals surface area contributed by atoms with Gasteiger partial charge in [-0.3, -0.25) is 0 Å². The third-order valence-corrected chi connectivity index (χ3v) is 5.89. The van der Waals surface area contributed by atoms with Crippen LogP contribution in [-0.2, 0) is 0 Å². The Kier molecular flexibility index (Phi) is 9.05. The van der Waals surface area contributed by atoms with Crippen LogP contribution in [0.15, 0.2) is 165 Å². The molecular weight excluding hydrogens is 446 g/mol. The molecule has 180 valence electrons. The average molecular weight is 478 g/mol. The molecule has 0 aliphatic rings. The molecule has 4 rings (SSSR count). The van der Waals surface area contributed by atoms with Crippen LogP contribution < -0.4 is 5.32 Å². The van der Waals surface area contributed by atoms with Gasteiger partial charge in [-0.1, -0.05) is 147 Å². The topological polar surface area (TPSA) is 12.0 Å². The minimum atomic E-state index is 0.932. The van der Waals surface area contributed by atoms with Crippen molar-refractivity contribution in [1.29, 1.82) is 0 Å². The van der Waals surface area contributed by atoms with Crippen LogP contribution in [0, 0.1) is 0 Å². The molecule has 0 aromatic heterocycles. The van der Waals surface area contributed by atoms with E-state index in [9.17, 15) is 0 Å². The average Bonchev–Trinajstić information content (AvgIpc) is 2.97. The van der Waals surface area contributed by atoms with Gasteiger partial charge in [-0.25, -0.2) is 0 Å². The fourth-order valence-corrected chi connectivity index (χ4v) is 3.86. The lowest BCUT2D eigenvalue weighted by Gasteiger charge is -2.07. The van der Waals surface area contributed by atoms with Gasteiger partial charge >= 0.3 is 0 Å². The number of rotatable bonds is 10. The summed E-state index contributed by atoms with van der Waals surface area (Å²) in [6, 6.07) is 37.5. The Morgan fingerprint density at radius 1 is 0.541 bits per heavy atom. The standard InChI is InChI=1S/C36H31N/c1-3-31(32-15-7-5-8-16-32)19-11-13-30-23-27-36(28-24-30)37-35(4-2)20-12-14-29-21-25-34(26-22-29)33-17-9-6-10-18-33/h3-28,37H,1-2H2/b13-11+,14-12+,31-19+,35-20+. The van der Waals surface area contributed by atoms with Gasteiger partial charge in [0, 0.05) is 11.4 Å². The minimum absolute atomic E-state index is 0.932. The highest BCUT2D eigenvalue weighted by molar-refractivity contribution is 5.75. The highest BCUT2D eigenvalue weighted by Gasteiger charge is 1.97. The molecule has 0 spiro atoms. The first kappa shape index (κ1) is 25.2. The van der Waals surface area contributed by atoms with E-state index in [1.807, 2.05) is 48.6 Å². The molecule has 37 heavy (non-hydrogen) atoms. The van der Waals surface area contributed by atoms with E-state index >= 15 is 0 Å². The van der Waals surface area contributed by atoms with E-state index in [2.05, 4.69) is 128 Å². The molecular formula is C36H31N. The second-order valence-corrected chi connectivity index (χ2v) is 8.47. The Hall–Kier alpha value is -4.88. The third kappa shape index (κ3) is 7.55. The molecule has 1 nitrogen and oxygen atoms in total. The molecule has 0 radical (unpaired) electrons. The molecule has 0 heterocycles. The number of anilines is 1. The van der Waals surface area contributed by atoms with Gasteiger partial charge in [-0.05, 0) is 57.7 Å². The van der Waals surface area contributed by atoms with Crippen LogP contribution in [0.1, 0.15) is 16.7 Å². The van der Waals surface area contributed by atoms with Gasteiger partial charge in [0.25, 0.3) is 0 Å². The molecule has 0 saturated heterocycles. The first-order valence-corrected chi connectivity index (χ1v) is 12.3. The number of allylic oxidation sites excluding steroid dienone is 7. The smallest absolute Gasteiger partial charge is 0.0384 e. The van der Waals surface area contributed by atoms with Crippen molar-refractivity contribution in [3.05, 3.63) is 181 Å². The van der Waals surface area contributed by atoms with Gasteiger partial charge in [-0.2, -0.15) is 0 Å². The molecule has 4 aromatic carbocycles. The van der Waals surface area contributed by atoms with Gasteiger partial charge in [0.05, 0.1) is 0 Å². The van der Waals surface area contributed by atoms with Crippen molar-refractivity contribution in [1.82, 2.24) is 0 Å². The second kappa shape index (κ2) is 13.3. The molecule has 4 aromatic rings. The van der Waals surface area contributed by atoms with Gasteiger partial charge in [0.2, 0.25) is 0 Å². The Labute approximate surface area is 220 Å². The second-order valence-electron chi connectivity index (χ2n) is 8.47. The van der Waals surface area contributed by atoms with Crippen LogP contribution in [0.5, 0.6) is 0 Å². The fraction of sp³-hybridized carbons (Fsp3) is 0. The summed E-state index contributed by atoms with van der Waals surface area (Å²) in [7, 11) is 0. The highest BCUT2D eigenvalue weighted by atomic mass is 14.9. The molecule has 1 heteroatoms. The van der Waals surface area contributed by atoms with Crippen molar-refractivity contribution < 1.29 is 0 Å². The molecule has 0 fully saturated rings. The minimum Gasteiger partial charge on any atom is -0.356 e. The number of hydrogen-bond acceptors (Lipinski definition) is 1. The highest BCUT2D eigenvalue weighted by Crippen LogP contribution is 2.20. The molecule has 0 aliphatic heterocycles. The van der Waals surface area contributed by atoms with Crippen LogP contribution in [0.3, 0.4) is 0 Å². The summed E-state index contributed by atoms with van der Waals surface area (Å²) >= 11 is 0. The van der Waals surface area contributed by atoms with Crippen LogP contribution in [-0.4, -0.2) is 0 Å². The summed E-state index contributed by atoms with van der Waals surface area (Å²) in [5.74, 6) is 0. The van der Waals surface area contributed by atoms with E-state index in [1.54, 1.807) is 0 Å². The van der Waals surface area contributed by atoms with Crippen LogP contribution in [0.2, 0.25) is 0 Å². The zero-order valence-electron chi connectivity index (χ0n) is 20.9. The lowest BCUT2D eigenvalue weighted by atomic mass is 10.0. The van der Waals surface area contributed by atoms with E-state index < -0.39 is 0 Å². The van der Waals surface area contributed by atoms with Crippen molar-refractivity contribution in [2.45, 2.75) is 0 Å². The lowest BCUT2D eigenvalue weighted by Crippen LogP contribution is -1.95. The van der Waals surface area contributed by atoms with Gasteiger partial charge in [-0.15, -0.1) is 0 Å². The Balaban J connectivity index is 1.35. The van der Waals surface area contributed by atoms with Gasteiger partial charge in [0.1, 0.15) is 0 Å². The molecule has 0 atom stereocenters. The maximum Gasteiger partial charge on any atom is 0.0384 e. The Bertz CT molecular complexity index is 1420. The maximum absolute atomic E-state index is 3.95. The van der Waals surface area contributed by atoms with Crippen molar-refractivity contribution in [2.75, 3.05) is 5.32 Å². The Morgan fingerprint density at radius 3 is 1.68 bits per heavy atom. The van der Waals surface area contributed by atoms with Crippen molar-refractivity contribution >= 4 is 23.4 Å². The van der Waals surface area contributed by atoms with E-state index in [1.165, 1.54) is 11.1 Å². The molecule has 0 amide bonds. The van der Waals surface area contributed by atoms with Crippen molar-refractivity contribution in [2.24, 2.45) is 0 Å². The zero-order chi connectivity index (χ0) is 25.7. The summed E-state index contributed by atoms with van der Waals surface area (Å²) in [6.07, 6.45) is 16.1. The first-order valence-electron chi connectivity index (χ1n) is 12.3. The van der Waals surface area contributed by atoms with E-state index in [-0.39, 0.29) is 0 Å². The van der Waals surface area contributed by atoms with E-state index in [4.69, 9.17) is 0 Å². The third-order valence-electron chi connectivity index (χ3n) is 5.89. The first-order chi connectivity index (χ1) is 18.2. The fourth-order valence-electron chi connectivity index (χ4n) is 3.86. The van der Waals surface area contributed by atoms with E-state index in [0.29, 0.717) is 0 Å². The van der Waals surface area contributed by atoms with Crippen molar-refractivity contribution in [3.63, 3.8) is 0 Å². The molecule has 0 bridgehead atoms. The lowest BCUT2D eigenvalue weighted by molar-refractivity contribution is 1.47. The summed E-state index contributed by atoms with van der Waals surface area (Å²) < 4.78 is 0. The van der Waals surface area contributed by atoms with Crippen LogP contribution in [0.4, 0.5) is 5.69 Å². The maximum atomic E-state index is 3.95. The largest absolute Gasteiger partial charge is 0.356 e. The molecule has 0 saturated carbocycles. The molecule has 1 N–H and O–H groups in total. The zero-order valence-corrected chi connectivity index (χ0v) is 20.9. The molecule has 0 aliphatic carbocycles.